The largest absolute Gasteiger partial charge is 0.469 e. The van der Waals surface area contributed by atoms with Gasteiger partial charge in [0.1, 0.15) is 0 Å². The minimum atomic E-state index is -0.354. The maximum atomic E-state index is 10.9. The van der Waals surface area contributed by atoms with Gasteiger partial charge in [-0.05, 0) is 18.5 Å². The summed E-state index contributed by atoms with van der Waals surface area (Å²) in [6, 6.07) is -0.354. The second kappa shape index (κ2) is 4.29. The van der Waals surface area contributed by atoms with Crippen molar-refractivity contribution in [3.8, 4) is 0 Å². The minimum Gasteiger partial charge on any atom is -0.469 e. The summed E-state index contributed by atoms with van der Waals surface area (Å²) < 4.78 is 8.24. The van der Waals surface area contributed by atoms with Crippen molar-refractivity contribution in [2.75, 3.05) is 7.11 Å². The lowest BCUT2D eigenvalue weighted by atomic mass is 10.1. The molecule has 0 radical (unpaired) electrons. The fourth-order valence-electron chi connectivity index (χ4n) is 0.933. The standard InChI is InChI=1S/C7H11N3O2S/c1-4-7(13-10-9-4)5(8)3-6(11)12-2/h5H,3,8H2,1-2H3. The summed E-state index contributed by atoms with van der Waals surface area (Å²) in [7, 11) is 1.34. The van der Waals surface area contributed by atoms with Crippen molar-refractivity contribution in [1.29, 1.82) is 0 Å². The van der Waals surface area contributed by atoms with Crippen LogP contribution in [0, 0.1) is 6.92 Å². The molecule has 0 aromatic carbocycles. The van der Waals surface area contributed by atoms with E-state index >= 15 is 0 Å². The van der Waals surface area contributed by atoms with Crippen LogP contribution in [0.25, 0.3) is 0 Å². The number of nitrogens with zero attached hydrogens (tertiary/aromatic N) is 2. The van der Waals surface area contributed by atoms with Gasteiger partial charge in [0.15, 0.2) is 0 Å². The number of ether oxygens (including phenoxy) is 1. The molecule has 0 aliphatic rings. The molecule has 0 amide bonds. The van der Waals surface area contributed by atoms with Crippen LogP contribution in [0.1, 0.15) is 23.0 Å². The Kier molecular flexibility index (Phi) is 3.32. The van der Waals surface area contributed by atoms with Crippen LogP contribution in [-0.2, 0) is 9.53 Å². The Bertz CT molecular complexity index is 300. The predicted molar refractivity (Wildman–Crippen MR) is 48.2 cm³/mol. The number of aryl methyl sites for hydroxylation is 1. The first-order valence-corrected chi connectivity index (χ1v) is 4.53. The van der Waals surface area contributed by atoms with E-state index < -0.39 is 0 Å². The highest BCUT2D eigenvalue weighted by molar-refractivity contribution is 7.05. The van der Waals surface area contributed by atoms with E-state index in [1.807, 2.05) is 6.92 Å². The van der Waals surface area contributed by atoms with E-state index in [9.17, 15) is 4.79 Å². The summed E-state index contributed by atoms with van der Waals surface area (Å²) in [5.74, 6) is -0.319. The monoisotopic (exact) mass is 201 g/mol. The molecule has 0 saturated heterocycles. The molecule has 1 aromatic heterocycles. The van der Waals surface area contributed by atoms with Crippen LogP contribution in [-0.4, -0.2) is 22.7 Å². The Morgan fingerprint density at radius 1 is 1.77 bits per heavy atom. The summed E-state index contributed by atoms with van der Waals surface area (Å²) in [6.45, 7) is 1.82. The van der Waals surface area contributed by atoms with Crippen molar-refractivity contribution in [2.24, 2.45) is 5.73 Å². The number of methoxy groups -OCH3 is 1. The maximum Gasteiger partial charge on any atom is 0.307 e. The average molecular weight is 201 g/mol. The van der Waals surface area contributed by atoms with Crippen LogP contribution in [0.15, 0.2) is 0 Å². The van der Waals surface area contributed by atoms with Gasteiger partial charge in [-0.15, -0.1) is 5.10 Å². The number of carbonyl (C=O) groups excluding carboxylic acids is 1. The topological polar surface area (TPSA) is 78.1 Å². The lowest BCUT2D eigenvalue weighted by molar-refractivity contribution is -0.141. The molecule has 2 N–H and O–H groups in total. The summed E-state index contributed by atoms with van der Waals surface area (Å²) in [6.07, 6.45) is 0.168. The smallest absolute Gasteiger partial charge is 0.307 e. The number of nitrogens with two attached hydrogens (primary N) is 1. The number of hydrogen-bond donors (Lipinski definition) is 1. The van der Waals surface area contributed by atoms with Gasteiger partial charge in [-0.2, -0.15) is 0 Å². The highest BCUT2D eigenvalue weighted by atomic mass is 32.1. The van der Waals surface area contributed by atoms with E-state index in [-0.39, 0.29) is 18.4 Å². The molecule has 0 saturated carbocycles. The lowest BCUT2D eigenvalue weighted by Gasteiger charge is -2.06. The van der Waals surface area contributed by atoms with Crippen molar-refractivity contribution >= 4 is 17.5 Å². The summed E-state index contributed by atoms with van der Waals surface area (Å²) in [5.41, 5.74) is 6.53. The van der Waals surface area contributed by atoms with Crippen LogP contribution in [0.5, 0.6) is 0 Å². The lowest BCUT2D eigenvalue weighted by Crippen LogP contribution is -2.16. The van der Waals surface area contributed by atoms with Crippen molar-refractivity contribution in [3.63, 3.8) is 0 Å². The van der Waals surface area contributed by atoms with Gasteiger partial charge < -0.3 is 10.5 Å². The third-order valence-corrected chi connectivity index (χ3v) is 2.60. The van der Waals surface area contributed by atoms with E-state index in [4.69, 9.17) is 5.73 Å². The van der Waals surface area contributed by atoms with Gasteiger partial charge >= 0.3 is 5.97 Å². The Morgan fingerprint density at radius 3 is 2.92 bits per heavy atom. The first-order chi connectivity index (χ1) is 6.15. The Balaban J connectivity index is 2.63. The van der Waals surface area contributed by atoms with Crippen molar-refractivity contribution in [1.82, 2.24) is 9.59 Å². The highest BCUT2D eigenvalue weighted by Gasteiger charge is 2.16. The minimum absolute atomic E-state index is 0.168. The van der Waals surface area contributed by atoms with E-state index in [0.29, 0.717) is 0 Å². The first kappa shape index (κ1) is 10.1. The first-order valence-electron chi connectivity index (χ1n) is 3.76. The quantitative estimate of drug-likeness (QED) is 0.716. The maximum absolute atomic E-state index is 10.9. The van der Waals surface area contributed by atoms with Gasteiger partial charge in [0.05, 0.1) is 30.1 Å². The molecule has 1 atom stereocenters. The molecule has 72 valence electrons. The fraction of sp³-hybridized carbons (Fsp3) is 0.571. The van der Waals surface area contributed by atoms with Gasteiger partial charge in [-0.1, -0.05) is 4.49 Å². The third kappa shape index (κ3) is 2.46. The van der Waals surface area contributed by atoms with E-state index in [1.165, 1.54) is 18.6 Å². The van der Waals surface area contributed by atoms with Gasteiger partial charge in [-0.3, -0.25) is 4.79 Å². The molecule has 1 rings (SSSR count). The van der Waals surface area contributed by atoms with Crippen molar-refractivity contribution in [2.45, 2.75) is 19.4 Å². The molecule has 0 spiro atoms. The predicted octanol–water partition coefficient (Wildman–Crippen LogP) is 0.409. The zero-order valence-corrected chi connectivity index (χ0v) is 8.30. The molecule has 13 heavy (non-hydrogen) atoms. The van der Waals surface area contributed by atoms with Crippen LogP contribution in [0.3, 0.4) is 0 Å². The molecule has 0 aliphatic carbocycles. The van der Waals surface area contributed by atoms with E-state index in [0.717, 1.165) is 10.6 Å². The summed E-state index contributed by atoms with van der Waals surface area (Å²) >= 11 is 1.22. The van der Waals surface area contributed by atoms with Crippen LogP contribution >= 0.6 is 11.5 Å². The number of carbonyl (C=O) groups is 1. The molecular formula is C7H11N3O2S. The second-order valence-corrected chi connectivity index (χ2v) is 3.40. The fourth-order valence-corrected chi connectivity index (χ4v) is 1.58. The molecule has 1 unspecified atom stereocenters. The van der Waals surface area contributed by atoms with Gasteiger partial charge in [-0.25, -0.2) is 0 Å². The van der Waals surface area contributed by atoms with Crippen LogP contribution < -0.4 is 5.73 Å². The summed E-state index contributed by atoms with van der Waals surface area (Å²) in [5, 5.41) is 3.81. The molecular weight excluding hydrogens is 190 g/mol. The molecule has 1 heterocycles. The van der Waals surface area contributed by atoms with Crippen LogP contribution in [0.2, 0.25) is 0 Å². The zero-order chi connectivity index (χ0) is 9.84. The highest BCUT2D eigenvalue weighted by Crippen LogP contribution is 2.20. The van der Waals surface area contributed by atoms with E-state index in [2.05, 4.69) is 14.3 Å². The molecule has 1 aromatic rings. The second-order valence-electron chi connectivity index (χ2n) is 2.61. The van der Waals surface area contributed by atoms with Crippen molar-refractivity contribution < 1.29 is 9.53 Å². The Morgan fingerprint density at radius 2 is 2.46 bits per heavy atom. The molecule has 0 fully saturated rings. The third-order valence-electron chi connectivity index (χ3n) is 1.64. The molecule has 0 bridgehead atoms. The number of hydrogen-bond acceptors (Lipinski definition) is 6. The Hall–Kier alpha value is -1.01. The van der Waals surface area contributed by atoms with E-state index in [1.54, 1.807) is 0 Å². The normalized spacial score (nSPS) is 12.5. The molecule has 6 heteroatoms. The number of esters is 1. The Labute approximate surface area is 80.1 Å². The number of aromatic nitrogens is 2. The average Bonchev–Trinajstić information content (AvgIpc) is 2.51. The SMILES string of the molecule is COC(=O)CC(N)c1snnc1C. The molecule has 5 nitrogen and oxygen atoms in total. The summed E-state index contributed by atoms with van der Waals surface area (Å²) in [4.78, 5) is 11.7. The molecule has 0 aliphatic heterocycles. The van der Waals surface area contributed by atoms with Gasteiger partial charge in [0, 0.05) is 0 Å². The van der Waals surface area contributed by atoms with Crippen molar-refractivity contribution in [3.05, 3.63) is 10.6 Å². The van der Waals surface area contributed by atoms with Gasteiger partial charge in [0.2, 0.25) is 0 Å². The number of rotatable bonds is 3. The van der Waals surface area contributed by atoms with Crippen LogP contribution in [0.4, 0.5) is 0 Å². The zero-order valence-electron chi connectivity index (χ0n) is 7.48. The van der Waals surface area contributed by atoms with Gasteiger partial charge in [0.25, 0.3) is 0 Å².